The highest BCUT2D eigenvalue weighted by Crippen LogP contribution is 2.30. The van der Waals surface area contributed by atoms with Crippen LogP contribution in [0.4, 0.5) is 0 Å². The van der Waals surface area contributed by atoms with E-state index in [4.69, 9.17) is 29.2 Å². The molecule has 1 N–H and O–H groups in total. The minimum atomic E-state index is -1.90. The van der Waals surface area contributed by atoms with Gasteiger partial charge < -0.3 is 28.8 Å². The molecular formula is C54H100O10. The van der Waals surface area contributed by atoms with E-state index in [1.54, 1.807) is 0 Å². The quantitative estimate of drug-likeness (QED) is 0.0357. The molecule has 64 heavy (non-hydrogen) atoms. The second-order valence-corrected chi connectivity index (χ2v) is 18.2. The Balaban J connectivity index is 3.24. The van der Waals surface area contributed by atoms with Crippen LogP contribution >= 0.6 is 0 Å². The summed E-state index contributed by atoms with van der Waals surface area (Å²) in [6, 6.07) is 0. The topological polar surface area (TPSA) is 135 Å². The number of rotatable bonds is 45. The maximum atomic E-state index is 13.7. The number of hydrogen-bond donors (Lipinski definition) is 1. The normalized spacial score (nSPS) is 21.4. The highest BCUT2D eigenvalue weighted by atomic mass is 16.7. The zero-order chi connectivity index (χ0) is 50.2. The van der Waals surface area contributed by atoms with E-state index in [2.05, 4.69) is 27.7 Å². The zero-order valence-electron chi connectivity index (χ0n) is 45.5. The number of esters is 4. The second kappa shape index (κ2) is 43.4. The van der Waals surface area contributed by atoms with Crippen LogP contribution in [-0.4, -0.2) is 66.3 Å². The Morgan fingerprint density at radius 2 is 0.656 bits per heavy atom. The summed E-state index contributed by atoms with van der Waals surface area (Å²) in [5.74, 6) is -3.11. The molecule has 376 valence electrons. The summed E-state index contributed by atoms with van der Waals surface area (Å²) in [7, 11) is 0. The van der Waals surface area contributed by atoms with Gasteiger partial charge in [-0.1, -0.05) is 233 Å². The molecule has 9 atom stereocenters. The van der Waals surface area contributed by atoms with Gasteiger partial charge in [-0.2, -0.15) is 0 Å². The molecule has 1 rings (SSSR count). The highest BCUT2D eigenvalue weighted by molar-refractivity contribution is 5.72. The number of carbonyl (C=O) groups excluding carboxylic acids is 4. The van der Waals surface area contributed by atoms with Crippen molar-refractivity contribution in [2.75, 3.05) is 6.61 Å². The van der Waals surface area contributed by atoms with Crippen LogP contribution in [0.25, 0.3) is 0 Å². The third-order valence-electron chi connectivity index (χ3n) is 12.1. The lowest BCUT2D eigenvalue weighted by atomic mass is 9.97. The van der Waals surface area contributed by atoms with Crippen molar-refractivity contribution in [1.82, 2.24) is 0 Å². The molecule has 0 saturated carbocycles. The van der Waals surface area contributed by atoms with Gasteiger partial charge in [0.05, 0.1) is 0 Å². The molecule has 5 unspecified atom stereocenters. The van der Waals surface area contributed by atoms with Crippen LogP contribution < -0.4 is 0 Å². The fourth-order valence-electron chi connectivity index (χ4n) is 8.13. The lowest BCUT2D eigenvalue weighted by molar-refractivity contribution is -0.297. The van der Waals surface area contributed by atoms with Crippen LogP contribution in [0.2, 0.25) is 0 Å². The maximum absolute atomic E-state index is 13.7. The predicted octanol–water partition coefficient (Wildman–Crippen LogP) is 14.7. The maximum Gasteiger partial charge on any atom is 0.306 e. The van der Waals surface area contributed by atoms with Crippen LogP contribution in [0.3, 0.4) is 0 Å². The molecule has 1 saturated heterocycles. The summed E-state index contributed by atoms with van der Waals surface area (Å²) in [6.45, 7) is 8.16. The van der Waals surface area contributed by atoms with Crippen molar-refractivity contribution in [1.29, 1.82) is 0 Å². The average molecular weight is 913 g/mol. The fourth-order valence-corrected chi connectivity index (χ4v) is 8.13. The summed E-state index contributed by atoms with van der Waals surface area (Å²) in [5, 5.41) is 11.4. The van der Waals surface area contributed by atoms with Crippen molar-refractivity contribution in [2.24, 2.45) is 0 Å². The predicted molar refractivity (Wildman–Crippen MR) is 259 cm³/mol. The average Bonchev–Trinajstić information content (AvgIpc) is 3.29. The number of hydrogen-bond acceptors (Lipinski definition) is 10. The van der Waals surface area contributed by atoms with Crippen LogP contribution in [0, 0.1) is 0 Å². The van der Waals surface area contributed by atoms with Crippen LogP contribution in [0.5, 0.6) is 0 Å². The summed E-state index contributed by atoms with van der Waals surface area (Å²) < 4.78 is 63.5. The third-order valence-corrected chi connectivity index (χ3v) is 12.1. The summed E-state index contributed by atoms with van der Waals surface area (Å²) >= 11 is 0. The molecule has 0 aliphatic carbocycles. The van der Waals surface area contributed by atoms with E-state index in [9.17, 15) is 24.3 Å². The molecule has 10 heteroatoms. The monoisotopic (exact) mass is 913 g/mol. The van der Waals surface area contributed by atoms with E-state index in [1.807, 2.05) is 0 Å². The molecule has 1 aliphatic heterocycles. The van der Waals surface area contributed by atoms with Crippen molar-refractivity contribution in [3.8, 4) is 0 Å². The number of carbonyl (C=O) groups is 4. The van der Waals surface area contributed by atoms with Crippen molar-refractivity contribution in [3.63, 3.8) is 0 Å². The van der Waals surface area contributed by atoms with Gasteiger partial charge in [-0.3, -0.25) is 19.2 Å². The molecule has 1 aliphatic rings. The third kappa shape index (κ3) is 33.3. The van der Waals surface area contributed by atoms with E-state index in [-0.39, 0.29) is 25.7 Å². The van der Waals surface area contributed by atoms with Gasteiger partial charge >= 0.3 is 23.9 Å². The Hall–Kier alpha value is -2.20. The Kier molecular flexibility index (Phi) is 35.8. The lowest BCUT2D eigenvalue weighted by Gasteiger charge is -2.43. The van der Waals surface area contributed by atoms with Gasteiger partial charge in [0.2, 0.25) is 0 Å². The van der Waals surface area contributed by atoms with Gasteiger partial charge in [-0.25, -0.2) is 0 Å². The summed E-state index contributed by atoms with van der Waals surface area (Å²) in [5.41, 5.74) is 0. The van der Waals surface area contributed by atoms with Crippen LogP contribution in [0.1, 0.15) is 290 Å². The first-order chi connectivity index (χ1) is 32.8. The molecule has 1 fully saturated rings. The molecule has 0 aromatic carbocycles. The molecule has 0 amide bonds. The minimum absolute atomic E-state index is 0.176. The molecule has 1 heterocycles. The smallest absolute Gasteiger partial charge is 0.306 e. The summed E-state index contributed by atoms with van der Waals surface area (Å²) in [4.78, 5) is 53.9. The van der Waals surface area contributed by atoms with E-state index in [1.165, 1.54) is 57.8 Å². The molecule has 10 nitrogen and oxygen atoms in total. The van der Waals surface area contributed by atoms with Gasteiger partial charge in [0, 0.05) is 31.2 Å². The molecule has 0 spiro atoms. The number of unbranched alkanes of at least 4 members (excludes halogenated alkanes) is 24. The van der Waals surface area contributed by atoms with Crippen molar-refractivity contribution in [2.45, 2.75) is 315 Å². The van der Waals surface area contributed by atoms with Crippen molar-refractivity contribution < 1.29 is 53.5 Å². The van der Waals surface area contributed by atoms with Crippen molar-refractivity contribution in [3.05, 3.63) is 0 Å². The molecular weight excluding hydrogens is 809 g/mol. The van der Waals surface area contributed by atoms with Gasteiger partial charge in [-0.15, -0.1) is 0 Å². The van der Waals surface area contributed by atoms with E-state index >= 15 is 0 Å². The van der Waals surface area contributed by atoms with Crippen molar-refractivity contribution >= 4 is 23.9 Å². The van der Waals surface area contributed by atoms with E-state index < -0.39 is 86.8 Å². The zero-order valence-corrected chi connectivity index (χ0v) is 41.5. The number of aliphatic hydroxyl groups is 1. The molecule has 0 aromatic heterocycles. The highest BCUT2D eigenvalue weighted by Gasteiger charge is 2.52. The second-order valence-electron chi connectivity index (χ2n) is 18.2. The Bertz CT molecular complexity index is 1260. The van der Waals surface area contributed by atoms with Gasteiger partial charge in [0.15, 0.2) is 24.6 Å². The minimum Gasteiger partial charge on any atom is -0.463 e. The summed E-state index contributed by atoms with van der Waals surface area (Å²) in [6.07, 6.45) is 19.8. The van der Waals surface area contributed by atoms with Crippen LogP contribution in [0.15, 0.2) is 0 Å². The van der Waals surface area contributed by atoms with E-state index in [0.717, 1.165) is 122 Å². The van der Waals surface area contributed by atoms with Gasteiger partial charge in [0.25, 0.3) is 0 Å². The largest absolute Gasteiger partial charge is 0.463 e. The Labute approximate surface area is 398 Å². The number of ether oxygens (including phenoxy) is 5. The van der Waals surface area contributed by atoms with Crippen LogP contribution in [-0.2, 0) is 42.9 Å². The molecule has 0 aromatic rings. The SMILES string of the molecule is [2H]C(CCCCCCCCC)CC(=O)OC[C@H]1OC(O)[C@H](OC(=O)CC([2H])CCCCCCCCC)[C@@H](OC(=O)CC([2H])CCCCCCCCC)[C@H]1OC(=O)CC([2H])CCCCCCCCC. The van der Waals surface area contributed by atoms with E-state index in [0.29, 0.717) is 25.7 Å². The van der Waals surface area contributed by atoms with Gasteiger partial charge in [-0.05, 0) is 25.6 Å². The lowest BCUT2D eigenvalue weighted by Crippen LogP contribution is -2.62. The number of aliphatic hydroxyl groups excluding tert-OH is 1. The fraction of sp³-hybridized carbons (Fsp3) is 0.926. The van der Waals surface area contributed by atoms with Gasteiger partial charge in [0.1, 0.15) is 12.7 Å². The Morgan fingerprint density at radius 3 is 0.984 bits per heavy atom. The first-order valence-corrected chi connectivity index (χ1v) is 26.6. The Morgan fingerprint density at radius 1 is 0.391 bits per heavy atom. The standard InChI is InChI=1S/C54H100O10/c1-5-9-13-17-21-25-29-33-37-41-47(55)60-45-46-51(62-48(56)42-38-34-30-26-22-18-14-10-6-2)52(63-49(57)43-39-35-31-27-23-19-15-11-7-3)53(54(59)61-46)64-50(58)44-40-36-32-28-24-20-16-12-8-4/h46,51-54,59H,5-45H2,1-4H3/t46-,51+,52+,53-,54?/m1/s1/i37D,38D,39D,40D/t37?,38?,39?,40?,46-,51+,52+,53-,54?. The first kappa shape index (κ1) is 52.8. The first-order valence-electron chi connectivity index (χ1n) is 28.9. The molecule has 0 radical (unpaired) electrons. The molecule has 0 bridgehead atoms.